The van der Waals surface area contributed by atoms with E-state index in [1.54, 1.807) is 32.0 Å². The van der Waals surface area contributed by atoms with Gasteiger partial charge < -0.3 is 10.2 Å². The first-order valence-electron chi connectivity index (χ1n) is 9.45. The highest BCUT2D eigenvalue weighted by molar-refractivity contribution is 7.17. The van der Waals surface area contributed by atoms with Crippen LogP contribution in [0.15, 0.2) is 53.7 Å². The second kappa shape index (κ2) is 7.70. The van der Waals surface area contributed by atoms with E-state index >= 15 is 0 Å². The van der Waals surface area contributed by atoms with E-state index in [-0.39, 0.29) is 11.5 Å². The van der Waals surface area contributed by atoms with Gasteiger partial charge in [-0.15, -0.1) is 11.3 Å². The second-order valence-electron chi connectivity index (χ2n) is 7.61. The zero-order valence-corrected chi connectivity index (χ0v) is 17.8. The Hall–Kier alpha value is -3.39. The largest absolute Gasteiger partial charge is 0.381 e. The summed E-state index contributed by atoms with van der Waals surface area (Å²) in [4.78, 5) is 31.3. The van der Waals surface area contributed by atoms with Gasteiger partial charge in [-0.05, 0) is 62.2 Å². The van der Waals surface area contributed by atoms with Crippen molar-refractivity contribution < 1.29 is 23.2 Å². The molecule has 1 aromatic heterocycles. The van der Waals surface area contributed by atoms with Crippen molar-refractivity contribution in [3.05, 3.63) is 76.2 Å². The van der Waals surface area contributed by atoms with E-state index in [1.165, 1.54) is 17.4 Å². The molecule has 5 nitrogen and oxygen atoms in total. The van der Waals surface area contributed by atoms with E-state index in [1.807, 2.05) is 19.1 Å². The van der Waals surface area contributed by atoms with E-state index in [9.17, 15) is 18.4 Å². The SMILES string of the molecule is Cc1ccc(C2=NOC(C)(C)C2=O)cc1-c1ccc(C(=O)Nc2c(F)cccc2F)s1. The van der Waals surface area contributed by atoms with Gasteiger partial charge in [-0.2, -0.15) is 0 Å². The van der Waals surface area contributed by atoms with Crippen LogP contribution in [0, 0.1) is 18.6 Å². The number of carbonyl (C=O) groups is 2. The zero-order valence-electron chi connectivity index (χ0n) is 17.0. The number of hydrogen-bond donors (Lipinski definition) is 1. The molecule has 0 aliphatic carbocycles. The molecule has 1 aliphatic rings. The molecule has 1 amide bonds. The van der Waals surface area contributed by atoms with Crippen molar-refractivity contribution in [2.75, 3.05) is 5.32 Å². The molecule has 0 bridgehead atoms. The van der Waals surface area contributed by atoms with Crippen molar-refractivity contribution in [1.82, 2.24) is 0 Å². The first kappa shape index (κ1) is 20.9. The molecule has 2 heterocycles. The molecule has 0 unspecified atom stereocenters. The van der Waals surface area contributed by atoms with Crippen molar-refractivity contribution in [2.45, 2.75) is 26.4 Å². The van der Waals surface area contributed by atoms with E-state index in [4.69, 9.17) is 4.84 Å². The fourth-order valence-corrected chi connectivity index (χ4v) is 4.13. The summed E-state index contributed by atoms with van der Waals surface area (Å²) in [7, 11) is 0. The first-order chi connectivity index (χ1) is 14.7. The first-order valence-corrected chi connectivity index (χ1v) is 10.3. The van der Waals surface area contributed by atoms with Crippen molar-refractivity contribution >= 4 is 34.4 Å². The maximum Gasteiger partial charge on any atom is 0.265 e. The van der Waals surface area contributed by atoms with E-state index in [2.05, 4.69) is 10.5 Å². The summed E-state index contributed by atoms with van der Waals surface area (Å²) in [5, 5.41) is 6.22. The number of amides is 1. The van der Waals surface area contributed by atoms with Crippen molar-refractivity contribution in [3.63, 3.8) is 0 Å². The lowest BCUT2D eigenvalue weighted by atomic mass is 9.94. The Bertz CT molecular complexity index is 1230. The third-order valence-corrected chi connectivity index (χ3v) is 6.05. The second-order valence-corrected chi connectivity index (χ2v) is 8.70. The predicted octanol–water partition coefficient (Wildman–Crippen LogP) is 5.34. The Morgan fingerprint density at radius 3 is 2.45 bits per heavy atom. The van der Waals surface area contributed by atoms with Crippen molar-refractivity contribution in [1.29, 1.82) is 0 Å². The number of ketones is 1. The lowest BCUT2D eigenvalue weighted by Crippen LogP contribution is -2.33. The van der Waals surface area contributed by atoms with Gasteiger partial charge in [-0.25, -0.2) is 8.78 Å². The molecule has 1 N–H and O–H groups in total. The molecule has 1 aliphatic heterocycles. The van der Waals surface area contributed by atoms with Crippen LogP contribution in [0.5, 0.6) is 0 Å². The van der Waals surface area contributed by atoms with Gasteiger partial charge in [-0.1, -0.05) is 23.4 Å². The van der Waals surface area contributed by atoms with Crippen molar-refractivity contribution in [2.24, 2.45) is 5.16 Å². The average Bonchev–Trinajstić information content (AvgIpc) is 3.31. The van der Waals surface area contributed by atoms with E-state index < -0.39 is 28.8 Å². The molecular formula is C23H18F2N2O3S. The molecule has 0 spiro atoms. The summed E-state index contributed by atoms with van der Waals surface area (Å²) in [6.07, 6.45) is 0. The summed E-state index contributed by atoms with van der Waals surface area (Å²) < 4.78 is 27.7. The Labute approximate surface area is 181 Å². The Morgan fingerprint density at radius 1 is 1.10 bits per heavy atom. The monoisotopic (exact) mass is 440 g/mol. The number of nitrogens with zero attached hydrogens (tertiary/aromatic N) is 1. The number of nitrogens with one attached hydrogen (secondary N) is 1. The number of hydrogen-bond acceptors (Lipinski definition) is 5. The number of aryl methyl sites for hydroxylation is 1. The topological polar surface area (TPSA) is 67.8 Å². The standard InChI is InChI=1S/C23H18F2N2O3S/c1-12-7-8-13(19-21(28)23(2,3)30-27-19)11-14(12)17-9-10-18(31-17)22(29)26-20-15(24)5-4-6-16(20)25/h4-11H,1-3H3,(H,26,29). The van der Waals surface area contributed by atoms with Gasteiger partial charge >= 0.3 is 0 Å². The number of thiophene rings is 1. The van der Waals surface area contributed by atoms with Crippen molar-refractivity contribution in [3.8, 4) is 10.4 Å². The lowest BCUT2D eigenvalue weighted by molar-refractivity contribution is -0.128. The number of benzene rings is 2. The minimum atomic E-state index is -1.00. The van der Waals surface area contributed by atoms with Gasteiger partial charge in [0.05, 0.1) is 4.88 Å². The van der Waals surface area contributed by atoms with Crippen LogP contribution < -0.4 is 5.32 Å². The number of anilines is 1. The van der Waals surface area contributed by atoms with Gasteiger partial charge in [0.15, 0.2) is 11.3 Å². The highest BCUT2D eigenvalue weighted by atomic mass is 32.1. The molecule has 0 saturated heterocycles. The summed E-state index contributed by atoms with van der Waals surface area (Å²) in [6, 6.07) is 12.2. The number of halogens is 2. The Morgan fingerprint density at radius 2 is 1.81 bits per heavy atom. The number of Topliss-reactive ketones (excluding diaryl/α,β-unsaturated/α-hetero) is 1. The molecular weight excluding hydrogens is 422 g/mol. The summed E-state index contributed by atoms with van der Waals surface area (Å²) >= 11 is 1.18. The maximum absolute atomic E-state index is 13.8. The normalized spacial score (nSPS) is 14.9. The highest BCUT2D eigenvalue weighted by Crippen LogP contribution is 2.33. The van der Waals surface area contributed by atoms with Crippen LogP contribution in [0.3, 0.4) is 0 Å². The molecule has 0 atom stereocenters. The predicted molar refractivity (Wildman–Crippen MR) is 116 cm³/mol. The molecule has 3 aromatic rings. The smallest absolute Gasteiger partial charge is 0.265 e. The zero-order chi connectivity index (χ0) is 22.3. The van der Waals surface area contributed by atoms with Crippen LogP contribution in [-0.2, 0) is 9.63 Å². The minimum absolute atomic E-state index is 0.208. The fourth-order valence-electron chi connectivity index (χ4n) is 3.14. The number of carbonyl (C=O) groups excluding carboxylic acids is 2. The quantitative estimate of drug-likeness (QED) is 0.596. The van der Waals surface area contributed by atoms with Gasteiger partial charge in [0.1, 0.15) is 17.3 Å². The van der Waals surface area contributed by atoms with Crippen LogP contribution in [-0.4, -0.2) is 23.0 Å². The molecule has 4 rings (SSSR count). The Balaban J connectivity index is 1.62. The third-order valence-electron chi connectivity index (χ3n) is 4.93. The summed E-state index contributed by atoms with van der Waals surface area (Å²) in [6.45, 7) is 5.22. The molecule has 0 saturated carbocycles. The van der Waals surface area contributed by atoms with Gasteiger partial charge in [0.2, 0.25) is 5.78 Å². The number of rotatable bonds is 4. The maximum atomic E-state index is 13.8. The fraction of sp³-hybridized carbons (Fsp3) is 0.174. The summed E-state index contributed by atoms with van der Waals surface area (Å²) in [5.74, 6) is -2.51. The lowest BCUT2D eigenvalue weighted by Gasteiger charge is -2.12. The van der Waals surface area contributed by atoms with Gasteiger partial charge in [0, 0.05) is 10.4 Å². The summed E-state index contributed by atoms with van der Waals surface area (Å²) in [5.41, 5.74) is 1.12. The van der Waals surface area contributed by atoms with Crippen LogP contribution >= 0.6 is 11.3 Å². The van der Waals surface area contributed by atoms with Gasteiger partial charge in [0.25, 0.3) is 5.91 Å². The molecule has 8 heteroatoms. The number of para-hydroxylation sites is 1. The molecule has 0 fully saturated rings. The average molecular weight is 440 g/mol. The molecule has 31 heavy (non-hydrogen) atoms. The molecule has 0 radical (unpaired) electrons. The number of oxime groups is 1. The molecule has 2 aromatic carbocycles. The van der Waals surface area contributed by atoms with Crippen LogP contribution in [0.25, 0.3) is 10.4 Å². The Kier molecular flexibility index (Phi) is 5.18. The van der Waals surface area contributed by atoms with Crippen LogP contribution in [0.1, 0.15) is 34.6 Å². The highest BCUT2D eigenvalue weighted by Gasteiger charge is 2.40. The van der Waals surface area contributed by atoms with Gasteiger partial charge in [-0.3, -0.25) is 9.59 Å². The third kappa shape index (κ3) is 3.86. The minimum Gasteiger partial charge on any atom is -0.381 e. The molecule has 158 valence electrons. The van der Waals surface area contributed by atoms with Crippen LogP contribution in [0.4, 0.5) is 14.5 Å². The van der Waals surface area contributed by atoms with E-state index in [0.29, 0.717) is 10.4 Å². The van der Waals surface area contributed by atoms with Crippen LogP contribution in [0.2, 0.25) is 0 Å². The van der Waals surface area contributed by atoms with E-state index in [0.717, 1.165) is 28.1 Å².